The summed E-state index contributed by atoms with van der Waals surface area (Å²) in [6.45, 7) is 7.04. The molecule has 2 aromatic carbocycles. The SMILES string of the molecule is C.CC(CCC(=O)NC(CCCCNC(=S)Nc1ccc(-c2c3ccc(=O)cc-3oc3cc(O)ccc23)c(C(=O)O)c1)C(=O)O)C1CCC2C3C(O)CC4CC(O)CCC4(C)C3CC(O)C12C. The van der Waals surface area contributed by atoms with Crippen molar-refractivity contribution in [2.75, 3.05) is 11.9 Å². The predicted molar refractivity (Wildman–Crippen MR) is 260 cm³/mol. The second kappa shape index (κ2) is 19.9. The number of carbonyl (C=O) groups is 3. The van der Waals surface area contributed by atoms with Gasteiger partial charge in [0.2, 0.25) is 5.91 Å². The maximum Gasteiger partial charge on any atom is 0.336 e. The number of fused-ring (bicyclic) bond motifs is 7. The molecule has 1 heterocycles. The van der Waals surface area contributed by atoms with Crippen molar-refractivity contribution < 1.29 is 49.4 Å². The lowest BCUT2D eigenvalue weighted by Crippen LogP contribution is -2.62. The van der Waals surface area contributed by atoms with E-state index in [0.29, 0.717) is 72.8 Å². The van der Waals surface area contributed by atoms with Crippen LogP contribution in [-0.4, -0.2) is 84.5 Å². The number of nitrogens with one attached hydrogen (secondary N) is 3. The van der Waals surface area contributed by atoms with Gasteiger partial charge in [-0.05, 0) is 171 Å². The molecule has 0 saturated heterocycles. The molecule has 9 N–H and O–H groups in total. The highest BCUT2D eigenvalue weighted by atomic mass is 32.1. The molecule has 0 aromatic heterocycles. The fourth-order valence-electron chi connectivity index (χ4n) is 13.2. The summed E-state index contributed by atoms with van der Waals surface area (Å²) in [5.74, 6) is -1.43. The molecule has 0 spiro atoms. The van der Waals surface area contributed by atoms with Gasteiger partial charge >= 0.3 is 11.9 Å². The maximum atomic E-state index is 13.2. The minimum absolute atomic E-state index is 0. The lowest BCUT2D eigenvalue weighted by molar-refractivity contribution is -0.207. The van der Waals surface area contributed by atoms with E-state index in [4.69, 9.17) is 16.6 Å². The molecule has 12 atom stereocenters. The summed E-state index contributed by atoms with van der Waals surface area (Å²) in [6.07, 6.45) is 6.24. The number of aliphatic hydroxyl groups is 3. The number of aliphatic carboxylic acids is 1. The lowest BCUT2D eigenvalue weighted by Gasteiger charge is -2.63. The average molecular weight is 942 g/mol. The number of phenols is 1. The number of phenolic OH excluding ortho intramolecular Hbond substituents is 1. The predicted octanol–water partition coefficient (Wildman–Crippen LogP) is 8.01. The van der Waals surface area contributed by atoms with Gasteiger partial charge in [-0.1, -0.05) is 34.3 Å². The molecule has 362 valence electrons. The van der Waals surface area contributed by atoms with E-state index in [1.54, 1.807) is 24.3 Å². The number of carboxylic acids is 2. The highest BCUT2D eigenvalue weighted by Crippen LogP contribution is 2.68. The maximum absolute atomic E-state index is 13.2. The van der Waals surface area contributed by atoms with Crippen LogP contribution in [0.1, 0.15) is 116 Å². The van der Waals surface area contributed by atoms with Crippen molar-refractivity contribution in [3.63, 3.8) is 0 Å². The molecule has 5 aliphatic carbocycles. The van der Waals surface area contributed by atoms with Gasteiger partial charge in [0.05, 0.1) is 23.9 Å². The Morgan fingerprint density at radius 2 is 1.66 bits per heavy atom. The van der Waals surface area contributed by atoms with Crippen LogP contribution in [0.3, 0.4) is 0 Å². The molecule has 1 aliphatic heterocycles. The molecule has 0 radical (unpaired) electrons. The van der Waals surface area contributed by atoms with E-state index in [9.17, 15) is 49.8 Å². The summed E-state index contributed by atoms with van der Waals surface area (Å²) in [6, 6.07) is 12.5. The number of hydrogen-bond acceptors (Lipinski definition) is 10. The fourth-order valence-corrected chi connectivity index (χ4v) is 13.5. The third-order valence-electron chi connectivity index (χ3n) is 16.6. The molecule has 4 saturated carbocycles. The lowest BCUT2D eigenvalue weighted by atomic mass is 9.43. The van der Waals surface area contributed by atoms with Gasteiger partial charge in [0.1, 0.15) is 23.1 Å². The van der Waals surface area contributed by atoms with Crippen LogP contribution < -0.4 is 21.4 Å². The summed E-state index contributed by atoms with van der Waals surface area (Å²) in [4.78, 5) is 50.2. The van der Waals surface area contributed by atoms with Gasteiger partial charge in [0, 0.05) is 47.3 Å². The molecule has 6 aliphatic rings. The van der Waals surface area contributed by atoms with Crippen molar-refractivity contribution in [3.8, 4) is 28.2 Å². The first-order valence-corrected chi connectivity index (χ1v) is 24.0. The van der Waals surface area contributed by atoms with Crippen molar-refractivity contribution >= 4 is 51.8 Å². The third-order valence-corrected chi connectivity index (χ3v) is 16.9. The highest BCUT2D eigenvalue weighted by Gasteiger charge is 2.65. The van der Waals surface area contributed by atoms with Crippen LogP contribution in [0.15, 0.2) is 63.8 Å². The van der Waals surface area contributed by atoms with Gasteiger partial charge in [-0.15, -0.1) is 0 Å². The molecule has 0 bridgehead atoms. The Hall–Kier alpha value is -5.09. The fraction of sp³-hybridized carbons (Fsp3) is 0.558. The number of rotatable bonds is 14. The number of aliphatic hydroxyl groups excluding tert-OH is 3. The average Bonchev–Trinajstić information content (AvgIpc) is 3.63. The van der Waals surface area contributed by atoms with Crippen LogP contribution in [0.2, 0.25) is 0 Å². The van der Waals surface area contributed by atoms with E-state index in [-0.39, 0.29) is 112 Å². The van der Waals surface area contributed by atoms with Crippen molar-refractivity contribution in [1.29, 1.82) is 0 Å². The largest absolute Gasteiger partial charge is 0.508 e. The van der Waals surface area contributed by atoms with Crippen molar-refractivity contribution in [3.05, 3.63) is 70.4 Å². The summed E-state index contributed by atoms with van der Waals surface area (Å²) in [7, 11) is 0. The third kappa shape index (κ3) is 9.66. The first kappa shape index (κ1) is 49.8. The minimum atomic E-state index is -1.20. The van der Waals surface area contributed by atoms with Gasteiger partial charge < -0.3 is 51.0 Å². The summed E-state index contributed by atoms with van der Waals surface area (Å²) in [5, 5.41) is 74.0. The van der Waals surface area contributed by atoms with E-state index < -0.39 is 30.2 Å². The normalized spacial score (nSPS) is 29.6. The van der Waals surface area contributed by atoms with Crippen LogP contribution in [0, 0.1) is 46.3 Å². The molecule has 14 nitrogen and oxygen atoms in total. The number of amides is 1. The van der Waals surface area contributed by atoms with Crippen molar-refractivity contribution in [1.82, 2.24) is 10.6 Å². The topological polar surface area (TPSA) is 239 Å². The molecule has 67 heavy (non-hydrogen) atoms. The number of aromatic carboxylic acids is 1. The summed E-state index contributed by atoms with van der Waals surface area (Å²) in [5.41, 5.74) is 1.38. The van der Waals surface area contributed by atoms with Crippen LogP contribution in [0.25, 0.3) is 33.4 Å². The van der Waals surface area contributed by atoms with Crippen LogP contribution in [0.4, 0.5) is 5.69 Å². The minimum Gasteiger partial charge on any atom is -0.508 e. The Labute approximate surface area is 396 Å². The zero-order chi connectivity index (χ0) is 47.2. The number of unbranched alkanes of at least 4 members (excludes halogenated alkanes) is 1. The molecule has 2 aromatic rings. The molecule has 12 unspecified atom stereocenters. The number of carbonyl (C=O) groups excluding carboxylic acids is 1. The quantitative estimate of drug-likeness (QED) is 0.0331. The number of carboxylic acid groups (broad SMARTS) is 2. The van der Waals surface area contributed by atoms with E-state index in [1.807, 2.05) is 0 Å². The Kier molecular flexibility index (Phi) is 14.8. The van der Waals surface area contributed by atoms with Crippen LogP contribution >= 0.6 is 12.2 Å². The van der Waals surface area contributed by atoms with Gasteiger partial charge in [-0.25, -0.2) is 9.59 Å². The Morgan fingerprint density at radius 3 is 2.40 bits per heavy atom. The number of thiocarbonyl (C=S) groups is 1. The van der Waals surface area contributed by atoms with Gasteiger partial charge in [-0.3, -0.25) is 9.59 Å². The highest BCUT2D eigenvalue weighted by molar-refractivity contribution is 7.80. The Balaban J connectivity index is 0.00000666. The molecule has 1 amide bonds. The number of anilines is 1. The Morgan fingerprint density at radius 1 is 0.896 bits per heavy atom. The number of aromatic hydroxyl groups is 1. The van der Waals surface area contributed by atoms with E-state index >= 15 is 0 Å². The molecule has 8 rings (SSSR count). The van der Waals surface area contributed by atoms with E-state index in [2.05, 4.69) is 36.7 Å². The standard InChI is InChI=1S/C51H63N3O11S.CH4/c1-26(36-14-15-37-46-38(25-43(59)51(36,37)3)50(2)18-17-31(57)20-27(50)21-40(46)58)7-16-44(60)54-39(48(63)64)6-4-5-19-52-49(66)53-28-8-11-32(35(22-28)47(61)62)45-33-12-9-29(55)23-41(33)65-42-24-30(56)10-13-34(42)45;/h8-13,22-24,26-27,31,36-40,43,46,55,57-59H,4-7,14-21,25H2,1-3H3,(H,54,60)(H,61,62)(H,63,64)(H2,52,53,66);1H4. The van der Waals surface area contributed by atoms with Gasteiger partial charge in [0.25, 0.3) is 0 Å². The second-order valence-electron chi connectivity index (χ2n) is 20.3. The smallest absolute Gasteiger partial charge is 0.336 e. The molecular formula is C52H67N3O11S. The Bertz CT molecular complexity index is 2530. The zero-order valence-electron chi connectivity index (χ0n) is 37.8. The second-order valence-corrected chi connectivity index (χ2v) is 20.7. The van der Waals surface area contributed by atoms with Crippen LogP contribution in [0.5, 0.6) is 5.75 Å². The number of benzene rings is 3. The van der Waals surface area contributed by atoms with Crippen molar-refractivity contribution in [2.24, 2.45) is 46.3 Å². The molecule has 15 heteroatoms. The number of hydrogen-bond donors (Lipinski definition) is 9. The first-order chi connectivity index (χ1) is 31.4. The van der Waals surface area contributed by atoms with Crippen molar-refractivity contribution in [2.45, 2.75) is 130 Å². The van der Waals surface area contributed by atoms with Gasteiger partial charge in [0.15, 0.2) is 10.5 Å². The summed E-state index contributed by atoms with van der Waals surface area (Å²) >= 11 is 5.50. The zero-order valence-corrected chi connectivity index (χ0v) is 38.6. The monoisotopic (exact) mass is 941 g/mol. The molecular weight excluding hydrogens is 875 g/mol. The van der Waals surface area contributed by atoms with Crippen LogP contribution in [-0.2, 0) is 9.59 Å². The molecule has 4 fully saturated rings. The van der Waals surface area contributed by atoms with Gasteiger partial charge in [-0.2, -0.15) is 0 Å². The van der Waals surface area contributed by atoms with E-state index in [1.165, 1.54) is 30.3 Å². The summed E-state index contributed by atoms with van der Waals surface area (Å²) < 4.78 is 5.91. The van der Waals surface area contributed by atoms with E-state index in [0.717, 1.165) is 25.7 Å². The first-order valence-electron chi connectivity index (χ1n) is 23.6.